The second-order valence-corrected chi connectivity index (χ2v) is 4.74. The summed E-state index contributed by atoms with van der Waals surface area (Å²) in [5.41, 5.74) is 8.38. The Bertz CT molecular complexity index is 396. The molecular weight excluding hydrogens is 200 g/mol. The number of nitrogens with zero attached hydrogens (tertiary/aromatic N) is 3. The molecule has 0 atom stereocenters. The molecule has 0 amide bonds. The van der Waals surface area contributed by atoms with Crippen LogP contribution < -0.4 is 10.6 Å². The smallest absolute Gasteiger partial charge is 0.227 e. The van der Waals surface area contributed by atoms with Crippen molar-refractivity contribution in [3.8, 4) is 0 Å². The number of piperidine rings is 1. The zero-order valence-corrected chi connectivity index (χ0v) is 9.58. The van der Waals surface area contributed by atoms with E-state index in [-0.39, 0.29) is 0 Å². The van der Waals surface area contributed by atoms with Gasteiger partial charge in [0, 0.05) is 18.7 Å². The molecule has 4 nitrogen and oxygen atoms in total. The van der Waals surface area contributed by atoms with Gasteiger partial charge in [0.2, 0.25) is 5.95 Å². The molecule has 2 N–H and O–H groups in total. The van der Waals surface area contributed by atoms with E-state index in [1.54, 1.807) is 0 Å². The molecule has 0 saturated carbocycles. The molecule has 16 heavy (non-hydrogen) atoms. The number of fused-ring (bicyclic) bond motifs is 1. The van der Waals surface area contributed by atoms with Crippen molar-refractivity contribution in [1.29, 1.82) is 0 Å². The first-order chi connectivity index (χ1) is 7.84. The fourth-order valence-electron chi connectivity index (χ4n) is 2.68. The maximum absolute atomic E-state index is 6.00. The molecule has 0 bridgehead atoms. The summed E-state index contributed by atoms with van der Waals surface area (Å²) in [6.45, 7) is 2.16. The Kier molecular flexibility index (Phi) is 2.42. The predicted octanol–water partition coefficient (Wildman–Crippen LogP) is 1.54. The van der Waals surface area contributed by atoms with E-state index in [1.807, 2.05) is 0 Å². The van der Waals surface area contributed by atoms with Crippen molar-refractivity contribution in [3.05, 3.63) is 11.3 Å². The Balaban J connectivity index is 1.92. The van der Waals surface area contributed by atoms with Crippen LogP contribution in [-0.2, 0) is 12.8 Å². The first kappa shape index (κ1) is 9.87. The quantitative estimate of drug-likeness (QED) is 0.776. The SMILES string of the molecule is Nc1nc(N2CCCCC2)nc2c1CCC2. The molecule has 0 radical (unpaired) electrons. The van der Waals surface area contributed by atoms with Gasteiger partial charge in [-0.05, 0) is 38.5 Å². The van der Waals surface area contributed by atoms with Crippen LogP contribution in [-0.4, -0.2) is 23.1 Å². The highest BCUT2D eigenvalue weighted by Crippen LogP contribution is 2.27. The monoisotopic (exact) mass is 218 g/mol. The van der Waals surface area contributed by atoms with Crippen LogP contribution >= 0.6 is 0 Å². The van der Waals surface area contributed by atoms with Gasteiger partial charge in [-0.25, -0.2) is 4.98 Å². The zero-order chi connectivity index (χ0) is 11.0. The van der Waals surface area contributed by atoms with Crippen LogP contribution in [0.25, 0.3) is 0 Å². The molecule has 0 unspecified atom stereocenters. The summed E-state index contributed by atoms with van der Waals surface area (Å²) in [7, 11) is 0. The highest BCUT2D eigenvalue weighted by atomic mass is 15.3. The van der Waals surface area contributed by atoms with E-state index < -0.39 is 0 Å². The van der Waals surface area contributed by atoms with Crippen LogP contribution in [0, 0.1) is 0 Å². The summed E-state index contributed by atoms with van der Waals surface area (Å²) in [5, 5.41) is 0. The number of nitrogen functional groups attached to an aromatic ring is 1. The maximum Gasteiger partial charge on any atom is 0.227 e. The van der Waals surface area contributed by atoms with Crippen LogP contribution in [0.5, 0.6) is 0 Å². The van der Waals surface area contributed by atoms with E-state index in [2.05, 4.69) is 14.9 Å². The third kappa shape index (κ3) is 1.62. The minimum absolute atomic E-state index is 0.711. The van der Waals surface area contributed by atoms with Gasteiger partial charge in [-0.15, -0.1) is 0 Å². The van der Waals surface area contributed by atoms with Crippen LogP contribution in [0.4, 0.5) is 11.8 Å². The zero-order valence-electron chi connectivity index (χ0n) is 9.58. The van der Waals surface area contributed by atoms with E-state index in [4.69, 9.17) is 5.73 Å². The minimum Gasteiger partial charge on any atom is -0.383 e. The van der Waals surface area contributed by atoms with Gasteiger partial charge in [-0.2, -0.15) is 4.98 Å². The molecule has 0 spiro atoms. The summed E-state index contributed by atoms with van der Waals surface area (Å²) < 4.78 is 0. The van der Waals surface area contributed by atoms with Gasteiger partial charge < -0.3 is 10.6 Å². The minimum atomic E-state index is 0.711. The highest BCUT2D eigenvalue weighted by molar-refractivity contribution is 5.50. The Hall–Kier alpha value is -1.32. The van der Waals surface area contributed by atoms with Crippen molar-refractivity contribution in [2.75, 3.05) is 23.7 Å². The average Bonchev–Trinajstić information content (AvgIpc) is 2.79. The lowest BCUT2D eigenvalue weighted by Gasteiger charge is -2.27. The molecule has 1 aromatic rings. The molecule has 1 aromatic heterocycles. The van der Waals surface area contributed by atoms with Crippen molar-refractivity contribution in [2.24, 2.45) is 0 Å². The van der Waals surface area contributed by atoms with Gasteiger partial charge in [-0.3, -0.25) is 0 Å². The lowest BCUT2D eigenvalue weighted by Crippen LogP contribution is -2.31. The van der Waals surface area contributed by atoms with Crippen molar-refractivity contribution in [3.63, 3.8) is 0 Å². The van der Waals surface area contributed by atoms with E-state index >= 15 is 0 Å². The topological polar surface area (TPSA) is 55.0 Å². The van der Waals surface area contributed by atoms with Crippen molar-refractivity contribution in [1.82, 2.24) is 9.97 Å². The average molecular weight is 218 g/mol. The Morgan fingerprint density at radius 1 is 0.938 bits per heavy atom. The molecule has 3 rings (SSSR count). The van der Waals surface area contributed by atoms with Gasteiger partial charge in [-0.1, -0.05) is 0 Å². The number of aryl methyl sites for hydroxylation is 1. The van der Waals surface area contributed by atoms with Crippen LogP contribution in [0.2, 0.25) is 0 Å². The number of hydrogen-bond acceptors (Lipinski definition) is 4. The summed E-state index contributed by atoms with van der Waals surface area (Å²) in [6, 6.07) is 0. The lowest BCUT2D eigenvalue weighted by atomic mass is 10.1. The van der Waals surface area contributed by atoms with Crippen molar-refractivity contribution >= 4 is 11.8 Å². The molecule has 1 fully saturated rings. The molecule has 0 aromatic carbocycles. The first-order valence-electron chi connectivity index (χ1n) is 6.25. The van der Waals surface area contributed by atoms with Crippen LogP contribution in [0.15, 0.2) is 0 Å². The Morgan fingerprint density at radius 3 is 2.56 bits per heavy atom. The maximum atomic E-state index is 6.00. The van der Waals surface area contributed by atoms with E-state index in [0.29, 0.717) is 5.82 Å². The molecular formula is C12H18N4. The summed E-state index contributed by atoms with van der Waals surface area (Å²) in [6.07, 6.45) is 7.14. The third-order valence-electron chi connectivity index (χ3n) is 3.59. The molecule has 1 saturated heterocycles. The predicted molar refractivity (Wildman–Crippen MR) is 64.5 cm³/mol. The number of nitrogens with two attached hydrogens (primary N) is 1. The van der Waals surface area contributed by atoms with Gasteiger partial charge in [0.25, 0.3) is 0 Å². The van der Waals surface area contributed by atoms with Crippen molar-refractivity contribution in [2.45, 2.75) is 38.5 Å². The standard InChI is InChI=1S/C12H18N4/c13-11-9-5-4-6-10(9)14-12(15-11)16-7-2-1-3-8-16/h1-8H2,(H2,13,14,15). The summed E-state index contributed by atoms with van der Waals surface area (Å²) in [4.78, 5) is 11.4. The largest absolute Gasteiger partial charge is 0.383 e. The fraction of sp³-hybridized carbons (Fsp3) is 0.667. The Labute approximate surface area is 95.9 Å². The van der Waals surface area contributed by atoms with E-state index in [0.717, 1.165) is 31.9 Å². The van der Waals surface area contributed by atoms with Crippen LogP contribution in [0.3, 0.4) is 0 Å². The number of aromatic nitrogens is 2. The lowest BCUT2D eigenvalue weighted by molar-refractivity contribution is 0.567. The normalized spacial score (nSPS) is 19.9. The molecule has 2 aliphatic rings. The molecule has 4 heteroatoms. The van der Waals surface area contributed by atoms with Gasteiger partial charge in [0.05, 0.1) is 5.69 Å². The van der Waals surface area contributed by atoms with Gasteiger partial charge in [0.1, 0.15) is 5.82 Å². The van der Waals surface area contributed by atoms with E-state index in [1.165, 1.54) is 36.9 Å². The van der Waals surface area contributed by atoms with Gasteiger partial charge >= 0.3 is 0 Å². The van der Waals surface area contributed by atoms with E-state index in [9.17, 15) is 0 Å². The fourth-order valence-corrected chi connectivity index (χ4v) is 2.68. The highest BCUT2D eigenvalue weighted by Gasteiger charge is 2.20. The second kappa shape index (κ2) is 3.92. The van der Waals surface area contributed by atoms with Crippen LogP contribution in [0.1, 0.15) is 36.9 Å². The first-order valence-corrected chi connectivity index (χ1v) is 6.25. The number of rotatable bonds is 1. The Morgan fingerprint density at radius 2 is 1.75 bits per heavy atom. The molecule has 2 heterocycles. The summed E-state index contributed by atoms with van der Waals surface area (Å²) >= 11 is 0. The third-order valence-corrected chi connectivity index (χ3v) is 3.59. The number of hydrogen-bond donors (Lipinski definition) is 1. The van der Waals surface area contributed by atoms with Gasteiger partial charge in [0.15, 0.2) is 0 Å². The van der Waals surface area contributed by atoms with Crippen molar-refractivity contribution < 1.29 is 0 Å². The second-order valence-electron chi connectivity index (χ2n) is 4.74. The summed E-state index contributed by atoms with van der Waals surface area (Å²) in [5.74, 6) is 1.57. The molecule has 1 aliphatic heterocycles. The number of anilines is 2. The molecule has 1 aliphatic carbocycles. The molecule has 86 valence electrons.